The van der Waals surface area contributed by atoms with Crippen LogP contribution in [0.3, 0.4) is 0 Å². The quantitative estimate of drug-likeness (QED) is 0.520. The standard InChI is InChI=1S/C19H18F2N4O3S/c20-16-6-5-15(11-17(16)21)29(27,28)24-10-8-19(26)22-12-13-1-3-14(4-2-13)18-7-9-23-25-18/h1-7,9,11,24H,8,10,12H2,(H,22,26)(H,23,25). The first-order valence-corrected chi connectivity index (χ1v) is 10.1. The van der Waals surface area contributed by atoms with Crippen LogP contribution in [0.25, 0.3) is 11.3 Å². The van der Waals surface area contributed by atoms with E-state index in [9.17, 15) is 22.0 Å². The molecule has 1 heterocycles. The zero-order valence-corrected chi connectivity index (χ0v) is 16.0. The maximum Gasteiger partial charge on any atom is 0.240 e. The zero-order chi connectivity index (χ0) is 20.9. The Balaban J connectivity index is 1.45. The topological polar surface area (TPSA) is 104 Å². The molecular weight excluding hydrogens is 402 g/mol. The second kappa shape index (κ2) is 8.93. The molecule has 0 aliphatic rings. The predicted octanol–water partition coefficient (Wildman–Crippen LogP) is 2.34. The molecule has 0 spiro atoms. The van der Waals surface area contributed by atoms with E-state index in [2.05, 4.69) is 20.2 Å². The molecule has 3 rings (SSSR count). The Bertz CT molecular complexity index is 1090. The molecule has 0 radical (unpaired) electrons. The maximum absolute atomic E-state index is 13.2. The summed E-state index contributed by atoms with van der Waals surface area (Å²) in [6.45, 7) is 0.115. The van der Waals surface area contributed by atoms with Gasteiger partial charge in [0.2, 0.25) is 15.9 Å². The van der Waals surface area contributed by atoms with E-state index in [-0.39, 0.29) is 25.4 Å². The number of rotatable bonds is 8. The van der Waals surface area contributed by atoms with Crippen molar-refractivity contribution < 1.29 is 22.0 Å². The third kappa shape index (κ3) is 5.46. The van der Waals surface area contributed by atoms with Gasteiger partial charge in [0, 0.05) is 25.7 Å². The fourth-order valence-corrected chi connectivity index (χ4v) is 3.58. The molecule has 0 unspecified atom stereocenters. The van der Waals surface area contributed by atoms with Crippen LogP contribution in [0.2, 0.25) is 0 Å². The molecule has 1 aromatic heterocycles. The lowest BCUT2D eigenvalue weighted by atomic mass is 10.1. The van der Waals surface area contributed by atoms with Crippen molar-refractivity contribution in [3.63, 3.8) is 0 Å². The van der Waals surface area contributed by atoms with Gasteiger partial charge in [-0.3, -0.25) is 9.89 Å². The van der Waals surface area contributed by atoms with Crippen LogP contribution in [-0.4, -0.2) is 31.1 Å². The highest BCUT2D eigenvalue weighted by Gasteiger charge is 2.16. The molecule has 0 aliphatic carbocycles. The number of carbonyl (C=O) groups is 1. The number of aromatic amines is 1. The lowest BCUT2D eigenvalue weighted by Gasteiger charge is -2.08. The highest BCUT2D eigenvalue weighted by molar-refractivity contribution is 7.89. The predicted molar refractivity (Wildman–Crippen MR) is 102 cm³/mol. The number of hydrogen-bond donors (Lipinski definition) is 3. The minimum atomic E-state index is -4.03. The summed E-state index contributed by atoms with van der Waals surface area (Å²) < 4.78 is 52.4. The fourth-order valence-electron chi connectivity index (χ4n) is 2.53. The van der Waals surface area contributed by atoms with Crippen LogP contribution in [0.4, 0.5) is 8.78 Å². The van der Waals surface area contributed by atoms with Gasteiger partial charge in [-0.05, 0) is 35.4 Å². The number of carbonyl (C=O) groups excluding carboxylic acids is 1. The highest BCUT2D eigenvalue weighted by Crippen LogP contribution is 2.16. The van der Waals surface area contributed by atoms with Crippen molar-refractivity contribution in [1.29, 1.82) is 0 Å². The first-order chi connectivity index (χ1) is 13.8. The summed E-state index contributed by atoms with van der Waals surface area (Å²) in [6.07, 6.45) is 1.55. The van der Waals surface area contributed by atoms with Crippen LogP contribution in [0.15, 0.2) is 59.6 Å². The molecule has 0 fully saturated rings. The van der Waals surface area contributed by atoms with Crippen molar-refractivity contribution >= 4 is 15.9 Å². The number of halogens is 2. The number of nitrogens with zero attached hydrogens (tertiary/aromatic N) is 1. The normalized spacial score (nSPS) is 11.4. The minimum absolute atomic E-state index is 0.102. The van der Waals surface area contributed by atoms with Gasteiger partial charge in [0.1, 0.15) is 0 Å². The summed E-state index contributed by atoms with van der Waals surface area (Å²) in [7, 11) is -4.03. The fraction of sp³-hybridized carbons (Fsp3) is 0.158. The Morgan fingerprint density at radius 1 is 1.03 bits per heavy atom. The van der Waals surface area contributed by atoms with E-state index in [4.69, 9.17) is 0 Å². The molecule has 0 aliphatic heterocycles. The van der Waals surface area contributed by atoms with E-state index in [1.54, 1.807) is 6.20 Å². The lowest BCUT2D eigenvalue weighted by Crippen LogP contribution is -2.30. The van der Waals surface area contributed by atoms with E-state index in [0.717, 1.165) is 29.0 Å². The maximum atomic E-state index is 13.2. The Morgan fingerprint density at radius 2 is 1.79 bits per heavy atom. The van der Waals surface area contributed by atoms with Gasteiger partial charge >= 0.3 is 0 Å². The molecule has 2 aromatic carbocycles. The molecule has 1 amide bonds. The lowest BCUT2D eigenvalue weighted by molar-refractivity contribution is -0.121. The van der Waals surface area contributed by atoms with Crippen LogP contribution in [0.5, 0.6) is 0 Å². The zero-order valence-electron chi connectivity index (χ0n) is 15.2. The largest absolute Gasteiger partial charge is 0.352 e. The molecule has 0 atom stereocenters. The van der Waals surface area contributed by atoms with Crippen molar-refractivity contribution in [2.45, 2.75) is 17.9 Å². The second-order valence-electron chi connectivity index (χ2n) is 6.17. The first kappa shape index (κ1) is 20.6. The van der Waals surface area contributed by atoms with E-state index in [1.165, 1.54) is 0 Å². The summed E-state index contributed by atoms with van der Waals surface area (Å²) in [6, 6.07) is 11.6. The van der Waals surface area contributed by atoms with Gasteiger partial charge < -0.3 is 5.32 Å². The number of benzene rings is 2. The molecule has 0 saturated carbocycles. The third-order valence-corrected chi connectivity index (χ3v) is 5.56. The van der Waals surface area contributed by atoms with Gasteiger partial charge in [-0.1, -0.05) is 24.3 Å². The smallest absolute Gasteiger partial charge is 0.240 e. The molecule has 3 N–H and O–H groups in total. The van der Waals surface area contributed by atoms with Crippen molar-refractivity contribution in [2.75, 3.05) is 6.54 Å². The Hall–Kier alpha value is -3.11. The monoisotopic (exact) mass is 420 g/mol. The molecule has 10 heteroatoms. The van der Waals surface area contributed by atoms with Crippen molar-refractivity contribution in [2.24, 2.45) is 0 Å². The summed E-state index contributed by atoms with van der Waals surface area (Å²) >= 11 is 0. The van der Waals surface area contributed by atoms with Crippen molar-refractivity contribution in [3.8, 4) is 11.3 Å². The van der Waals surface area contributed by atoms with E-state index >= 15 is 0 Å². The first-order valence-electron chi connectivity index (χ1n) is 8.65. The SMILES string of the molecule is O=C(CCNS(=O)(=O)c1ccc(F)c(F)c1)NCc1ccc(-c2ccn[nH]2)cc1. The van der Waals surface area contributed by atoms with Crippen molar-refractivity contribution in [1.82, 2.24) is 20.2 Å². The van der Waals surface area contributed by atoms with E-state index in [0.29, 0.717) is 6.07 Å². The van der Waals surface area contributed by atoms with E-state index < -0.39 is 26.6 Å². The number of amides is 1. The molecular formula is C19H18F2N4O3S. The Kier molecular flexibility index (Phi) is 6.35. The molecule has 152 valence electrons. The van der Waals surface area contributed by atoms with Crippen molar-refractivity contribution in [3.05, 3.63) is 71.9 Å². The average molecular weight is 420 g/mol. The Morgan fingerprint density at radius 3 is 2.45 bits per heavy atom. The van der Waals surface area contributed by atoms with Gasteiger partial charge in [0.15, 0.2) is 11.6 Å². The van der Waals surface area contributed by atoms with Gasteiger partial charge in [-0.25, -0.2) is 21.9 Å². The number of aromatic nitrogens is 2. The number of nitrogens with one attached hydrogen (secondary N) is 3. The molecule has 7 nitrogen and oxygen atoms in total. The molecule has 29 heavy (non-hydrogen) atoms. The molecule has 0 saturated heterocycles. The number of hydrogen-bond acceptors (Lipinski definition) is 4. The number of sulfonamides is 1. The molecule has 3 aromatic rings. The average Bonchev–Trinajstić information content (AvgIpc) is 3.23. The summed E-state index contributed by atoms with van der Waals surface area (Å²) in [5, 5.41) is 9.44. The number of H-pyrrole nitrogens is 1. The highest BCUT2D eigenvalue weighted by atomic mass is 32.2. The van der Waals surface area contributed by atoms with Gasteiger partial charge in [-0.15, -0.1) is 0 Å². The van der Waals surface area contributed by atoms with E-state index in [1.807, 2.05) is 30.3 Å². The van der Waals surface area contributed by atoms with Gasteiger partial charge in [0.05, 0.1) is 10.6 Å². The summed E-state index contributed by atoms with van der Waals surface area (Å²) in [4.78, 5) is 11.5. The summed E-state index contributed by atoms with van der Waals surface area (Å²) in [5.74, 6) is -2.75. The minimum Gasteiger partial charge on any atom is -0.352 e. The van der Waals surface area contributed by atoms with Crippen LogP contribution in [-0.2, 0) is 21.4 Å². The summed E-state index contributed by atoms with van der Waals surface area (Å²) in [5.41, 5.74) is 2.72. The third-order valence-electron chi connectivity index (χ3n) is 4.10. The van der Waals surface area contributed by atoms with Crippen LogP contribution < -0.4 is 10.0 Å². The van der Waals surface area contributed by atoms with Crippen LogP contribution >= 0.6 is 0 Å². The van der Waals surface area contributed by atoms with Crippen LogP contribution in [0.1, 0.15) is 12.0 Å². The molecule has 0 bridgehead atoms. The second-order valence-corrected chi connectivity index (χ2v) is 7.93. The van der Waals surface area contributed by atoms with Crippen LogP contribution in [0, 0.1) is 11.6 Å². The Labute approximate surface area is 166 Å². The van der Waals surface area contributed by atoms with Gasteiger partial charge in [-0.2, -0.15) is 5.10 Å². The van der Waals surface area contributed by atoms with Gasteiger partial charge in [0.25, 0.3) is 0 Å².